The molecule has 2 N–H and O–H groups in total. The van der Waals surface area contributed by atoms with Crippen LogP contribution in [0.25, 0.3) is 0 Å². The number of carbonyl (C=O) groups is 1. The fraction of sp³-hybridized carbons (Fsp3) is 0.188. The zero-order valence-corrected chi connectivity index (χ0v) is 12.9. The molecule has 2 aromatic carbocycles. The van der Waals surface area contributed by atoms with Crippen LogP contribution >= 0.6 is 23.2 Å². The van der Waals surface area contributed by atoms with Crippen molar-refractivity contribution in [1.29, 1.82) is 0 Å². The van der Waals surface area contributed by atoms with Gasteiger partial charge in [-0.3, -0.25) is 4.79 Å². The molecule has 0 unspecified atom stereocenters. The molecule has 0 aliphatic carbocycles. The van der Waals surface area contributed by atoms with Crippen molar-refractivity contribution in [2.45, 2.75) is 6.54 Å². The third kappa shape index (κ3) is 4.21. The van der Waals surface area contributed by atoms with Gasteiger partial charge in [0.15, 0.2) is 0 Å². The van der Waals surface area contributed by atoms with Gasteiger partial charge in [-0.1, -0.05) is 53.5 Å². The minimum Gasteiger partial charge on any atom is -0.333 e. The predicted octanol–water partition coefficient (Wildman–Crippen LogP) is 3.59. The van der Waals surface area contributed by atoms with Gasteiger partial charge < -0.3 is 10.6 Å². The summed E-state index contributed by atoms with van der Waals surface area (Å²) in [6, 6.07) is 14.6. The Kier molecular flexibility index (Phi) is 5.62. The van der Waals surface area contributed by atoms with E-state index in [2.05, 4.69) is 0 Å². The van der Waals surface area contributed by atoms with Crippen LogP contribution in [0.4, 0.5) is 0 Å². The van der Waals surface area contributed by atoms with Gasteiger partial charge in [0.1, 0.15) is 0 Å². The molecule has 3 nitrogen and oxygen atoms in total. The Balaban J connectivity index is 2.25. The van der Waals surface area contributed by atoms with E-state index in [-0.39, 0.29) is 5.91 Å². The van der Waals surface area contributed by atoms with Gasteiger partial charge in [-0.05, 0) is 23.8 Å². The average Bonchev–Trinajstić information content (AvgIpc) is 2.49. The van der Waals surface area contributed by atoms with Crippen LogP contribution in [0.2, 0.25) is 10.0 Å². The van der Waals surface area contributed by atoms with Crippen LogP contribution in [0.3, 0.4) is 0 Å². The van der Waals surface area contributed by atoms with Gasteiger partial charge in [0, 0.05) is 24.7 Å². The molecule has 0 radical (unpaired) electrons. The van der Waals surface area contributed by atoms with Crippen LogP contribution < -0.4 is 5.73 Å². The lowest BCUT2D eigenvalue weighted by Crippen LogP contribution is -2.35. The van der Waals surface area contributed by atoms with Crippen LogP contribution in [0.15, 0.2) is 48.5 Å². The molecular weight excluding hydrogens is 307 g/mol. The third-order valence-electron chi connectivity index (χ3n) is 3.06. The lowest BCUT2D eigenvalue weighted by Gasteiger charge is -2.23. The molecule has 2 rings (SSSR count). The van der Waals surface area contributed by atoms with E-state index in [9.17, 15) is 4.79 Å². The second-order valence-corrected chi connectivity index (χ2v) is 5.47. The molecule has 0 fully saturated rings. The third-order valence-corrected chi connectivity index (χ3v) is 3.63. The quantitative estimate of drug-likeness (QED) is 0.914. The highest BCUT2D eigenvalue weighted by Crippen LogP contribution is 2.22. The molecule has 21 heavy (non-hydrogen) atoms. The summed E-state index contributed by atoms with van der Waals surface area (Å²) in [6.07, 6.45) is 0. The molecule has 1 amide bonds. The maximum Gasteiger partial charge on any atom is 0.255 e. The first kappa shape index (κ1) is 15.8. The number of rotatable bonds is 5. The van der Waals surface area contributed by atoms with Crippen molar-refractivity contribution >= 4 is 29.1 Å². The highest BCUT2D eigenvalue weighted by atomic mass is 35.5. The van der Waals surface area contributed by atoms with Crippen molar-refractivity contribution in [3.8, 4) is 0 Å². The van der Waals surface area contributed by atoms with Crippen molar-refractivity contribution in [2.75, 3.05) is 13.1 Å². The molecule has 0 atom stereocenters. The second kappa shape index (κ2) is 7.46. The van der Waals surface area contributed by atoms with Gasteiger partial charge >= 0.3 is 0 Å². The van der Waals surface area contributed by atoms with E-state index in [0.717, 1.165) is 5.56 Å². The first-order valence-electron chi connectivity index (χ1n) is 6.60. The summed E-state index contributed by atoms with van der Waals surface area (Å²) in [6.45, 7) is 1.33. The van der Waals surface area contributed by atoms with Crippen LogP contribution in [0.1, 0.15) is 15.9 Å². The lowest BCUT2D eigenvalue weighted by atomic mass is 10.1. The van der Waals surface area contributed by atoms with E-state index in [4.69, 9.17) is 28.9 Å². The fourth-order valence-corrected chi connectivity index (χ4v) is 2.41. The minimum absolute atomic E-state index is 0.170. The Bertz CT molecular complexity index is 617. The Morgan fingerprint density at radius 2 is 1.81 bits per heavy atom. The zero-order valence-electron chi connectivity index (χ0n) is 11.4. The van der Waals surface area contributed by atoms with Gasteiger partial charge in [0.2, 0.25) is 0 Å². The number of hydrogen-bond donors (Lipinski definition) is 1. The SMILES string of the molecule is NCCN(Cc1ccccc1)C(=O)c1cc(Cl)ccc1Cl. The summed E-state index contributed by atoms with van der Waals surface area (Å²) in [4.78, 5) is 14.3. The number of amides is 1. The van der Waals surface area contributed by atoms with E-state index < -0.39 is 0 Å². The first-order chi connectivity index (χ1) is 10.1. The van der Waals surface area contributed by atoms with E-state index in [1.807, 2.05) is 30.3 Å². The molecule has 110 valence electrons. The van der Waals surface area contributed by atoms with Crippen LogP contribution in [-0.4, -0.2) is 23.9 Å². The second-order valence-electron chi connectivity index (χ2n) is 4.63. The highest BCUT2D eigenvalue weighted by Gasteiger charge is 2.18. The van der Waals surface area contributed by atoms with E-state index in [1.165, 1.54) is 0 Å². The topological polar surface area (TPSA) is 46.3 Å². The van der Waals surface area contributed by atoms with Crippen molar-refractivity contribution < 1.29 is 4.79 Å². The normalized spacial score (nSPS) is 10.4. The molecule has 2 aromatic rings. The number of hydrogen-bond acceptors (Lipinski definition) is 2. The molecule has 0 spiro atoms. The Morgan fingerprint density at radius 1 is 1.10 bits per heavy atom. The molecule has 0 aliphatic rings. The monoisotopic (exact) mass is 322 g/mol. The maximum absolute atomic E-state index is 12.6. The van der Waals surface area contributed by atoms with Crippen molar-refractivity contribution in [1.82, 2.24) is 4.90 Å². The van der Waals surface area contributed by atoms with Crippen molar-refractivity contribution in [3.63, 3.8) is 0 Å². The molecule has 0 saturated heterocycles. The summed E-state index contributed by atoms with van der Waals surface area (Å²) in [5.74, 6) is -0.170. The summed E-state index contributed by atoms with van der Waals surface area (Å²) in [5.41, 5.74) is 7.05. The summed E-state index contributed by atoms with van der Waals surface area (Å²) >= 11 is 12.0. The summed E-state index contributed by atoms with van der Waals surface area (Å²) < 4.78 is 0. The standard InChI is InChI=1S/C16H16Cl2N2O/c17-13-6-7-15(18)14(10-13)16(21)20(9-8-19)11-12-4-2-1-3-5-12/h1-7,10H,8-9,11,19H2. The Labute approximate surface area is 134 Å². The number of nitrogens with zero attached hydrogens (tertiary/aromatic N) is 1. The van der Waals surface area contributed by atoms with Gasteiger partial charge in [0.25, 0.3) is 5.91 Å². The van der Waals surface area contributed by atoms with Gasteiger partial charge in [-0.2, -0.15) is 0 Å². The predicted molar refractivity (Wildman–Crippen MR) is 86.7 cm³/mol. The van der Waals surface area contributed by atoms with Gasteiger partial charge in [0.05, 0.1) is 10.6 Å². The van der Waals surface area contributed by atoms with E-state index in [0.29, 0.717) is 35.2 Å². The largest absolute Gasteiger partial charge is 0.333 e. The summed E-state index contributed by atoms with van der Waals surface area (Å²) in [5, 5.41) is 0.870. The molecule has 0 heterocycles. The van der Waals surface area contributed by atoms with Gasteiger partial charge in [-0.25, -0.2) is 0 Å². The maximum atomic E-state index is 12.6. The molecular formula is C16H16Cl2N2O. The Hall–Kier alpha value is -1.55. The highest BCUT2D eigenvalue weighted by molar-refractivity contribution is 6.35. The zero-order chi connectivity index (χ0) is 15.2. The van der Waals surface area contributed by atoms with Crippen molar-refractivity contribution in [2.24, 2.45) is 5.73 Å². The Morgan fingerprint density at radius 3 is 2.48 bits per heavy atom. The number of benzene rings is 2. The van der Waals surface area contributed by atoms with Crippen molar-refractivity contribution in [3.05, 3.63) is 69.7 Å². The number of halogens is 2. The van der Waals surface area contributed by atoms with E-state index in [1.54, 1.807) is 23.1 Å². The van der Waals surface area contributed by atoms with E-state index >= 15 is 0 Å². The number of carbonyl (C=O) groups excluding carboxylic acids is 1. The van der Waals surface area contributed by atoms with Crippen LogP contribution in [-0.2, 0) is 6.54 Å². The molecule has 0 saturated carbocycles. The molecule has 0 aliphatic heterocycles. The van der Waals surface area contributed by atoms with Crippen LogP contribution in [0.5, 0.6) is 0 Å². The minimum atomic E-state index is -0.170. The summed E-state index contributed by atoms with van der Waals surface area (Å²) in [7, 11) is 0. The number of nitrogens with two attached hydrogens (primary N) is 1. The fourth-order valence-electron chi connectivity index (χ4n) is 2.04. The smallest absolute Gasteiger partial charge is 0.255 e. The first-order valence-corrected chi connectivity index (χ1v) is 7.35. The molecule has 0 bridgehead atoms. The molecule has 5 heteroatoms. The lowest BCUT2D eigenvalue weighted by molar-refractivity contribution is 0.0748. The average molecular weight is 323 g/mol. The van der Waals surface area contributed by atoms with Crippen LogP contribution in [0, 0.1) is 0 Å². The van der Waals surface area contributed by atoms with Gasteiger partial charge in [-0.15, -0.1) is 0 Å². The molecule has 0 aromatic heterocycles.